The summed E-state index contributed by atoms with van der Waals surface area (Å²) in [7, 11) is 1.52. The predicted octanol–water partition coefficient (Wildman–Crippen LogP) is 1.14. The van der Waals surface area contributed by atoms with Crippen LogP contribution >= 0.6 is 11.3 Å². The zero-order chi connectivity index (χ0) is 17.6. The Labute approximate surface area is 138 Å². The third kappa shape index (κ3) is 5.84. The number of nitrogens with zero attached hydrogens (tertiary/aromatic N) is 3. The minimum absolute atomic E-state index is 0.238. The molecule has 0 aliphatic rings. The Balaban J connectivity index is 2.63. The molecule has 1 aromatic rings. The van der Waals surface area contributed by atoms with E-state index >= 15 is 0 Å². The van der Waals surface area contributed by atoms with Gasteiger partial charge in [-0.2, -0.15) is 5.26 Å². The van der Waals surface area contributed by atoms with E-state index in [2.05, 4.69) is 10.3 Å². The van der Waals surface area contributed by atoms with E-state index in [-0.39, 0.29) is 13.0 Å². The third-order valence-electron chi connectivity index (χ3n) is 3.01. The van der Waals surface area contributed by atoms with Crippen LogP contribution in [0.15, 0.2) is 5.38 Å². The van der Waals surface area contributed by atoms with Crippen molar-refractivity contribution in [3.05, 3.63) is 16.1 Å². The molecule has 0 saturated heterocycles. The molecule has 0 fully saturated rings. The van der Waals surface area contributed by atoms with Gasteiger partial charge in [-0.3, -0.25) is 0 Å². The zero-order valence-corrected chi connectivity index (χ0v) is 14.0. The molecule has 0 radical (unpaired) electrons. The number of carbonyl (C=O) groups excluding carboxylic acids is 1. The van der Waals surface area contributed by atoms with Crippen LogP contribution in [0.25, 0.3) is 0 Å². The van der Waals surface area contributed by atoms with Crippen LogP contribution in [0.4, 0.5) is 4.79 Å². The number of rotatable bonds is 7. The number of urea groups is 1. The topological polar surface area (TPSA) is 127 Å². The first-order valence-corrected chi connectivity index (χ1v) is 7.89. The van der Waals surface area contributed by atoms with Crippen molar-refractivity contribution in [1.29, 1.82) is 5.26 Å². The number of aliphatic carboxylic acids is 1. The van der Waals surface area contributed by atoms with Gasteiger partial charge in [-0.05, 0) is 0 Å². The van der Waals surface area contributed by atoms with Gasteiger partial charge in [0.1, 0.15) is 12.1 Å². The van der Waals surface area contributed by atoms with Crippen molar-refractivity contribution in [2.24, 2.45) is 0 Å². The highest BCUT2D eigenvalue weighted by atomic mass is 32.1. The molecule has 8 nitrogen and oxygen atoms in total. The highest BCUT2D eigenvalue weighted by molar-refractivity contribution is 7.09. The highest BCUT2D eigenvalue weighted by Crippen LogP contribution is 2.19. The molecule has 0 spiro atoms. The Bertz CT molecular complexity index is 596. The van der Waals surface area contributed by atoms with Gasteiger partial charge in [0.15, 0.2) is 0 Å². The van der Waals surface area contributed by atoms with E-state index in [0.717, 1.165) is 10.7 Å². The molecule has 2 atom stereocenters. The number of carboxylic acid groups (broad SMARTS) is 1. The molecule has 2 amide bonds. The van der Waals surface area contributed by atoms with Gasteiger partial charge in [0, 0.05) is 24.8 Å². The van der Waals surface area contributed by atoms with Crippen LogP contribution in [0.1, 0.15) is 36.9 Å². The molecule has 0 bridgehead atoms. The van der Waals surface area contributed by atoms with Crippen LogP contribution in [-0.4, -0.2) is 51.3 Å². The molecule has 1 aromatic heterocycles. The van der Waals surface area contributed by atoms with E-state index in [1.54, 1.807) is 0 Å². The summed E-state index contributed by atoms with van der Waals surface area (Å²) in [6, 6.07) is -0.417. The van der Waals surface area contributed by atoms with Gasteiger partial charge in [0.2, 0.25) is 0 Å². The first-order valence-electron chi connectivity index (χ1n) is 7.01. The SMILES string of the molecule is CC(C)c1nc(CN(C)C(=O)N[C@@H](CC(O)C#N)C(=O)O)cs1. The van der Waals surface area contributed by atoms with Crippen LogP contribution in [0.5, 0.6) is 0 Å². The van der Waals surface area contributed by atoms with Crippen molar-refractivity contribution >= 4 is 23.3 Å². The molecule has 1 unspecified atom stereocenters. The molecule has 23 heavy (non-hydrogen) atoms. The molecule has 0 aliphatic heterocycles. The number of carboxylic acids is 1. The number of aliphatic hydroxyl groups is 1. The minimum atomic E-state index is -1.45. The van der Waals surface area contributed by atoms with E-state index in [1.807, 2.05) is 19.2 Å². The van der Waals surface area contributed by atoms with Crippen molar-refractivity contribution in [2.45, 2.75) is 44.9 Å². The number of nitrogens with one attached hydrogen (secondary N) is 1. The molecular weight excluding hydrogens is 320 g/mol. The second kappa shape index (κ2) is 8.45. The maximum absolute atomic E-state index is 12.0. The molecule has 0 aliphatic carbocycles. The molecule has 0 aromatic carbocycles. The maximum Gasteiger partial charge on any atom is 0.326 e. The summed E-state index contributed by atoms with van der Waals surface area (Å²) in [5, 5.41) is 31.9. The van der Waals surface area contributed by atoms with E-state index < -0.39 is 24.1 Å². The zero-order valence-electron chi connectivity index (χ0n) is 13.2. The van der Waals surface area contributed by atoms with Crippen LogP contribution in [-0.2, 0) is 11.3 Å². The lowest BCUT2D eigenvalue weighted by Crippen LogP contribution is -2.47. The molecule has 3 N–H and O–H groups in total. The normalized spacial score (nSPS) is 13.2. The lowest BCUT2D eigenvalue weighted by molar-refractivity contribution is -0.139. The number of carbonyl (C=O) groups is 2. The van der Waals surface area contributed by atoms with E-state index in [4.69, 9.17) is 10.4 Å². The van der Waals surface area contributed by atoms with Gasteiger partial charge in [-0.15, -0.1) is 11.3 Å². The fourth-order valence-corrected chi connectivity index (χ4v) is 2.56. The van der Waals surface area contributed by atoms with Crippen LogP contribution in [0.3, 0.4) is 0 Å². The summed E-state index contributed by atoms with van der Waals surface area (Å²) in [6.45, 7) is 4.29. The number of hydrogen-bond donors (Lipinski definition) is 3. The highest BCUT2D eigenvalue weighted by Gasteiger charge is 2.25. The molecule has 126 valence electrons. The van der Waals surface area contributed by atoms with Crippen molar-refractivity contribution in [1.82, 2.24) is 15.2 Å². The van der Waals surface area contributed by atoms with Crippen molar-refractivity contribution < 1.29 is 19.8 Å². The molecule has 0 saturated carbocycles. The molecule has 9 heteroatoms. The molecule has 1 rings (SSSR count). The van der Waals surface area contributed by atoms with E-state index in [1.165, 1.54) is 29.4 Å². The second-order valence-corrected chi connectivity index (χ2v) is 6.30. The Morgan fingerprint density at radius 2 is 2.17 bits per heavy atom. The van der Waals surface area contributed by atoms with Crippen molar-refractivity contribution in [2.75, 3.05) is 7.05 Å². The second-order valence-electron chi connectivity index (χ2n) is 5.41. The number of amides is 2. The molecular formula is C14H20N4O4S. The Morgan fingerprint density at radius 1 is 1.52 bits per heavy atom. The summed E-state index contributed by atoms with van der Waals surface area (Å²) in [5.74, 6) is -1.01. The minimum Gasteiger partial charge on any atom is -0.480 e. The third-order valence-corrected chi connectivity index (χ3v) is 4.21. The standard InChI is InChI=1S/C14H20N4O4S/c1-8(2)12-16-9(7-23-12)6-18(3)14(22)17-11(13(20)21)4-10(19)5-15/h7-8,10-11,19H,4,6H2,1-3H3,(H,17,22)(H,20,21)/t10?,11-/m0/s1. The summed E-state index contributed by atoms with van der Waals surface area (Å²) in [6.07, 6.45) is -1.83. The fourth-order valence-electron chi connectivity index (χ4n) is 1.73. The lowest BCUT2D eigenvalue weighted by atomic mass is 10.1. The Hall–Kier alpha value is -2.18. The quantitative estimate of drug-likeness (QED) is 0.639. The predicted molar refractivity (Wildman–Crippen MR) is 83.9 cm³/mol. The number of aromatic nitrogens is 1. The van der Waals surface area contributed by atoms with Crippen LogP contribution in [0.2, 0.25) is 0 Å². The van der Waals surface area contributed by atoms with Crippen molar-refractivity contribution in [3.63, 3.8) is 0 Å². The largest absolute Gasteiger partial charge is 0.480 e. The fraction of sp³-hybridized carbons (Fsp3) is 0.571. The van der Waals surface area contributed by atoms with Crippen molar-refractivity contribution in [3.8, 4) is 6.07 Å². The lowest BCUT2D eigenvalue weighted by Gasteiger charge is -2.21. The number of nitriles is 1. The van der Waals surface area contributed by atoms with Gasteiger partial charge < -0.3 is 20.4 Å². The van der Waals surface area contributed by atoms with Gasteiger partial charge in [0.05, 0.1) is 23.3 Å². The Morgan fingerprint density at radius 3 is 2.65 bits per heavy atom. The van der Waals surface area contributed by atoms with Gasteiger partial charge in [0.25, 0.3) is 0 Å². The number of aliphatic hydroxyl groups excluding tert-OH is 1. The molecule has 1 heterocycles. The average Bonchev–Trinajstić information content (AvgIpc) is 2.94. The summed E-state index contributed by atoms with van der Waals surface area (Å²) in [5.41, 5.74) is 0.722. The van der Waals surface area contributed by atoms with Gasteiger partial charge >= 0.3 is 12.0 Å². The Kier molecular flexibility index (Phi) is 6.93. The summed E-state index contributed by atoms with van der Waals surface area (Å²) >= 11 is 1.51. The number of thiazole rings is 1. The smallest absolute Gasteiger partial charge is 0.326 e. The maximum atomic E-state index is 12.0. The first-order chi connectivity index (χ1) is 10.7. The monoisotopic (exact) mass is 340 g/mol. The van der Waals surface area contributed by atoms with Gasteiger partial charge in [-0.1, -0.05) is 13.8 Å². The average molecular weight is 340 g/mol. The van der Waals surface area contributed by atoms with E-state index in [9.17, 15) is 14.7 Å². The summed E-state index contributed by atoms with van der Waals surface area (Å²) in [4.78, 5) is 28.8. The van der Waals surface area contributed by atoms with Crippen LogP contribution < -0.4 is 5.32 Å². The van der Waals surface area contributed by atoms with E-state index in [0.29, 0.717) is 5.92 Å². The van der Waals surface area contributed by atoms with Gasteiger partial charge in [-0.25, -0.2) is 14.6 Å². The number of hydrogen-bond acceptors (Lipinski definition) is 6. The summed E-state index contributed by atoms with van der Waals surface area (Å²) < 4.78 is 0. The first kappa shape index (κ1) is 18.9. The van der Waals surface area contributed by atoms with Crippen LogP contribution in [0, 0.1) is 11.3 Å².